The molecule has 1 aromatic heterocycles. The molecule has 1 heterocycles. The summed E-state index contributed by atoms with van der Waals surface area (Å²) in [7, 11) is 0. The molecule has 0 amide bonds. The van der Waals surface area contributed by atoms with Gasteiger partial charge in [0.2, 0.25) is 0 Å². The van der Waals surface area contributed by atoms with E-state index in [1.54, 1.807) is 17.5 Å². The van der Waals surface area contributed by atoms with E-state index in [4.69, 9.17) is 11.6 Å². The van der Waals surface area contributed by atoms with Crippen LogP contribution in [0.3, 0.4) is 0 Å². The van der Waals surface area contributed by atoms with Crippen LogP contribution in [0.1, 0.15) is 25.8 Å². The quantitative estimate of drug-likeness (QED) is 0.641. The fourth-order valence-corrected chi connectivity index (χ4v) is 1.35. The van der Waals surface area contributed by atoms with Gasteiger partial charge in [0, 0.05) is 0 Å². The molecule has 1 nitrogen and oxygen atoms in total. The van der Waals surface area contributed by atoms with Gasteiger partial charge in [-0.1, -0.05) is 32.4 Å². The number of hydrogen-bond donors (Lipinski definition) is 0. The molecule has 0 saturated heterocycles. The Morgan fingerprint density at radius 1 is 1.60 bits per heavy atom. The minimum Gasteiger partial charge on any atom is -0.248 e. The van der Waals surface area contributed by atoms with Gasteiger partial charge in [-0.3, -0.25) is 0 Å². The van der Waals surface area contributed by atoms with E-state index < -0.39 is 0 Å². The summed E-state index contributed by atoms with van der Waals surface area (Å²) in [6.07, 6.45) is 2.67. The summed E-state index contributed by atoms with van der Waals surface area (Å²) < 4.78 is 0.779. The molecule has 0 N–H and O–H groups in total. The standard InChI is InChI=1S/C5H6ClNS.C2H6/c1-2-5-7-3-4(6)8-5;1-2/h3H,2H2,1H3;1-2H3. The lowest BCUT2D eigenvalue weighted by Crippen LogP contribution is -1.70. The van der Waals surface area contributed by atoms with E-state index in [0.717, 1.165) is 15.8 Å². The molecule has 0 aliphatic heterocycles. The molecule has 0 aliphatic carbocycles. The summed E-state index contributed by atoms with van der Waals surface area (Å²) in [4.78, 5) is 4.02. The molecular formula is C7H12ClNS. The summed E-state index contributed by atoms with van der Waals surface area (Å²) in [6, 6.07) is 0. The van der Waals surface area contributed by atoms with E-state index >= 15 is 0 Å². The Morgan fingerprint density at radius 3 is 2.40 bits per heavy atom. The van der Waals surface area contributed by atoms with Crippen molar-refractivity contribution in [3.8, 4) is 0 Å². The zero-order chi connectivity index (χ0) is 7.98. The highest BCUT2D eigenvalue weighted by atomic mass is 35.5. The van der Waals surface area contributed by atoms with E-state index in [9.17, 15) is 0 Å². The molecule has 0 spiro atoms. The first kappa shape index (κ1) is 9.92. The molecule has 1 aromatic rings. The molecule has 0 bridgehead atoms. The van der Waals surface area contributed by atoms with Crippen molar-refractivity contribution in [2.75, 3.05) is 0 Å². The monoisotopic (exact) mass is 177 g/mol. The topological polar surface area (TPSA) is 12.9 Å². The van der Waals surface area contributed by atoms with E-state index in [0.29, 0.717) is 0 Å². The minimum atomic E-state index is 0.779. The van der Waals surface area contributed by atoms with Gasteiger partial charge in [-0.2, -0.15) is 0 Å². The van der Waals surface area contributed by atoms with Crippen molar-refractivity contribution in [2.24, 2.45) is 0 Å². The smallest absolute Gasteiger partial charge is 0.113 e. The molecular weight excluding hydrogens is 166 g/mol. The Morgan fingerprint density at radius 2 is 2.20 bits per heavy atom. The van der Waals surface area contributed by atoms with Crippen molar-refractivity contribution in [3.05, 3.63) is 15.5 Å². The first-order valence-electron chi connectivity index (χ1n) is 3.43. The maximum absolute atomic E-state index is 5.60. The Bertz CT molecular complexity index is 174. The van der Waals surface area contributed by atoms with E-state index in [1.807, 2.05) is 13.8 Å². The van der Waals surface area contributed by atoms with Gasteiger partial charge in [0.1, 0.15) is 4.34 Å². The molecule has 0 aliphatic rings. The molecule has 1 rings (SSSR count). The Labute approximate surface area is 71.1 Å². The highest BCUT2D eigenvalue weighted by molar-refractivity contribution is 7.15. The SMILES string of the molecule is CC.CCc1ncc(Cl)s1. The fraction of sp³-hybridized carbons (Fsp3) is 0.571. The van der Waals surface area contributed by atoms with Crippen molar-refractivity contribution in [1.82, 2.24) is 4.98 Å². The highest BCUT2D eigenvalue weighted by Gasteiger charge is 1.93. The number of aryl methyl sites for hydroxylation is 1. The second kappa shape index (κ2) is 5.69. The summed E-state index contributed by atoms with van der Waals surface area (Å²) >= 11 is 7.14. The summed E-state index contributed by atoms with van der Waals surface area (Å²) in [5.41, 5.74) is 0. The van der Waals surface area contributed by atoms with Crippen LogP contribution in [0.2, 0.25) is 4.34 Å². The summed E-state index contributed by atoms with van der Waals surface area (Å²) in [5, 5.41) is 1.11. The van der Waals surface area contributed by atoms with Crippen molar-refractivity contribution in [3.63, 3.8) is 0 Å². The average Bonchev–Trinajstić information content (AvgIpc) is 2.40. The molecule has 0 atom stereocenters. The molecule has 0 radical (unpaired) electrons. The van der Waals surface area contributed by atoms with Crippen LogP contribution in [0.5, 0.6) is 0 Å². The zero-order valence-corrected chi connectivity index (χ0v) is 8.09. The Kier molecular flexibility index (Phi) is 5.64. The number of nitrogens with zero attached hydrogens (tertiary/aromatic N) is 1. The van der Waals surface area contributed by atoms with E-state index in [1.165, 1.54) is 0 Å². The molecule has 0 aromatic carbocycles. The van der Waals surface area contributed by atoms with Crippen LogP contribution < -0.4 is 0 Å². The molecule has 0 unspecified atom stereocenters. The fourth-order valence-electron chi connectivity index (χ4n) is 0.451. The lowest BCUT2D eigenvalue weighted by atomic mass is 10.5. The molecule has 3 heteroatoms. The van der Waals surface area contributed by atoms with E-state index in [2.05, 4.69) is 11.9 Å². The third-order valence-corrected chi connectivity index (χ3v) is 2.09. The Balaban J connectivity index is 0.000000371. The van der Waals surface area contributed by atoms with Gasteiger partial charge < -0.3 is 0 Å². The van der Waals surface area contributed by atoms with Crippen LogP contribution in [0, 0.1) is 0 Å². The van der Waals surface area contributed by atoms with Crippen molar-refractivity contribution in [1.29, 1.82) is 0 Å². The van der Waals surface area contributed by atoms with E-state index in [-0.39, 0.29) is 0 Å². The lowest BCUT2D eigenvalue weighted by molar-refractivity contribution is 1.09. The van der Waals surface area contributed by atoms with Gasteiger partial charge in [0.25, 0.3) is 0 Å². The van der Waals surface area contributed by atoms with Gasteiger partial charge in [0.15, 0.2) is 0 Å². The predicted molar refractivity (Wildman–Crippen MR) is 47.9 cm³/mol. The largest absolute Gasteiger partial charge is 0.248 e. The maximum Gasteiger partial charge on any atom is 0.113 e. The number of hydrogen-bond acceptors (Lipinski definition) is 2. The van der Waals surface area contributed by atoms with Crippen LogP contribution in [-0.4, -0.2) is 4.98 Å². The van der Waals surface area contributed by atoms with Crippen molar-refractivity contribution in [2.45, 2.75) is 27.2 Å². The predicted octanol–water partition coefficient (Wildman–Crippen LogP) is 3.39. The first-order chi connectivity index (χ1) is 4.83. The highest BCUT2D eigenvalue weighted by Crippen LogP contribution is 2.17. The number of halogens is 1. The Hall–Kier alpha value is -0.0800. The van der Waals surface area contributed by atoms with Crippen LogP contribution >= 0.6 is 22.9 Å². The van der Waals surface area contributed by atoms with Gasteiger partial charge >= 0.3 is 0 Å². The van der Waals surface area contributed by atoms with Crippen molar-refractivity contribution < 1.29 is 0 Å². The lowest BCUT2D eigenvalue weighted by Gasteiger charge is -1.77. The molecule has 58 valence electrons. The van der Waals surface area contributed by atoms with Gasteiger partial charge in [-0.15, -0.1) is 11.3 Å². The third kappa shape index (κ3) is 3.18. The van der Waals surface area contributed by atoms with Crippen molar-refractivity contribution >= 4 is 22.9 Å². The third-order valence-electron chi connectivity index (χ3n) is 0.828. The van der Waals surface area contributed by atoms with Gasteiger partial charge in [-0.25, -0.2) is 4.98 Å². The van der Waals surface area contributed by atoms with Gasteiger partial charge in [0.05, 0.1) is 11.2 Å². The zero-order valence-electron chi connectivity index (χ0n) is 6.52. The maximum atomic E-state index is 5.60. The van der Waals surface area contributed by atoms with Crippen LogP contribution in [0.15, 0.2) is 6.20 Å². The number of thiazole rings is 1. The number of rotatable bonds is 1. The van der Waals surface area contributed by atoms with Crippen LogP contribution in [0.4, 0.5) is 0 Å². The first-order valence-corrected chi connectivity index (χ1v) is 4.62. The number of aromatic nitrogens is 1. The summed E-state index contributed by atoms with van der Waals surface area (Å²) in [6.45, 7) is 6.06. The average molecular weight is 178 g/mol. The minimum absolute atomic E-state index is 0.779. The summed E-state index contributed by atoms with van der Waals surface area (Å²) in [5.74, 6) is 0. The molecule has 0 saturated carbocycles. The van der Waals surface area contributed by atoms with Crippen LogP contribution in [0.25, 0.3) is 0 Å². The van der Waals surface area contributed by atoms with Crippen LogP contribution in [-0.2, 0) is 6.42 Å². The molecule has 0 fully saturated rings. The second-order valence-electron chi connectivity index (χ2n) is 1.41. The second-order valence-corrected chi connectivity index (χ2v) is 3.16. The van der Waals surface area contributed by atoms with Gasteiger partial charge in [-0.05, 0) is 6.42 Å². The molecule has 10 heavy (non-hydrogen) atoms. The normalized spacial score (nSPS) is 8.40.